The monoisotopic (exact) mass is 391 g/mol. The van der Waals surface area contributed by atoms with Crippen LogP contribution in [0.3, 0.4) is 0 Å². The Kier molecular flexibility index (Phi) is 4.67. The number of carbonyl (C=O) groups is 3. The number of halogens is 1. The minimum atomic E-state index is -0.408. The van der Waals surface area contributed by atoms with Gasteiger partial charge < -0.3 is 10.1 Å². The van der Waals surface area contributed by atoms with Crippen molar-refractivity contribution in [3.8, 4) is 5.75 Å². The summed E-state index contributed by atoms with van der Waals surface area (Å²) in [5.41, 5.74) is 1.77. The second-order valence-corrected chi connectivity index (χ2v) is 6.64. The van der Waals surface area contributed by atoms with Crippen LogP contribution in [-0.4, -0.2) is 24.1 Å². The highest BCUT2D eigenvalue weighted by Crippen LogP contribution is 2.29. The van der Waals surface area contributed by atoms with Crippen molar-refractivity contribution >= 4 is 34.8 Å². The number of benzene rings is 3. The highest BCUT2D eigenvalue weighted by atomic mass is 35.5. The second-order valence-electron chi connectivity index (χ2n) is 6.23. The molecule has 1 aliphatic rings. The summed E-state index contributed by atoms with van der Waals surface area (Å²) in [6, 6.07) is 18.2. The van der Waals surface area contributed by atoms with Gasteiger partial charge in [0.1, 0.15) is 5.75 Å². The molecule has 3 aromatic carbocycles. The predicted molar refractivity (Wildman–Crippen MR) is 105 cm³/mol. The van der Waals surface area contributed by atoms with Crippen LogP contribution in [0.5, 0.6) is 5.75 Å². The van der Waals surface area contributed by atoms with Crippen LogP contribution in [0.1, 0.15) is 31.8 Å². The second kappa shape index (κ2) is 7.29. The first-order valence-corrected chi connectivity index (χ1v) is 8.92. The van der Waals surface area contributed by atoms with Crippen LogP contribution in [0.25, 0.3) is 0 Å². The summed E-state index contributed by atoms with van der Waals surface area (Å²) >= 11 is 5.99. The Balaban J connectivity index is 1.51. The van der Waals surface area contributed by atoms with Crippen molar-refractivity contribution < 1.29 is 19.1 Å². The Bertz CT molecular complexity index is 1120. The van der Waals surface area contributed by atoms with E-state index in [1.54, 1.807) is 60.7 Å². The van der Waals surface area contributed by atoms with Crippen LogP contribution >= 0.6 is 11.6 Å². The van der Waals surface area contributed by atoms with Crippen molar-refractivity contribution in [2.24, 2.45) is 0 Å². The number of ether oxygens (including phenoxy) is 1. The first-order chi connectivity index (χ1) is 13.5. The predicted octanol–water partition coefficient (Wildman–Crippen LogP) is 4.13. The van der Waals surface area contributed by atoms with Crippen molar-refractivity contribution in [1.82, 2.24) is 0 Å². The average molecular weight is 392 g/mol. The van der Waals surface area contributed by atoms with E-state index in [2.05, 4.69) is 5.32 Å². The molecule has 0 saturated carbocycles. The number of ketones is 2. The molecule has 1 amide bonds. The summed E-state index contributed by atoms with van der Waals surface area (Å²) in [6.07, 6.45) is 0. The van der Waals surface area contributed by atoms with E-state index in [-0.39, 0.29) is 23.7 Å². The lowest BCUT2D eigenvalue weighted by molar-refractivity contribution is -0.118. The van der Waals surface area contributed by atoms with E-state index in [0.29, 0.717) is 33.1 Å². The zero-order valence-corrected chi connectivity index (χ0v) is 15.3. The first kappa shape index (κ1) is 17.9. The Morgan fingerprint density at radius 2 is 1.43 bits per heavy atom. The molecule has 0 saturated heterocycles. The van der Waals surface area contributed by atoms with Gasteiger partial charge in [-0.05, 0) is 30.3 Å². The van der Waals surface area contributed by atoms with Gasteiger partial charge in [0.15, 0.2) is 18.2 Å². The van der Waals surface area contributed by atoms with Gasteiger partial charge in [-0.1, -0.05) is 48.0 Å². The molecular formula is C22H14ClNO4. The Morgan fingerprint density at radius 1 is 0.821 bits per heavy atom. The third-order valence-corrected chi connectivity index (χ3v) is 4.72. The molecule has 0 aliphatic heterocycles. The van der Waals surface area contributed by atoms with Gasteiger partial charge in [0.25, 0.3) is 5.91 Å². The largest absolute Gasteiger partial charge is 0.482 e. The van der Waals surface area contributed by atoms with E-state index in [1.165, 1.54) is 6.07 Å². The molecular weight excluding hydrogens is 378 g/mol. The molecule has 4 rings (SSSR count). The summed E-state index contributed by atoms with van der Waals surface area (Å²) < 4.78 is 5.40. The molecule has 1 N–H and O–H groups in total. The van der Waals surface area contributed by atoms with Crippen LogP contribution in [0.2, 0.25) is 5.02 Å². The van der Waals surface area contributed by atoms with E-state index in [9.17, 15) is 14.4 Å². The van der Waals surface area contributed by atoms with Gasteiger partial charge in [0, 0.05) is 27.9 Å². The number of hydrogen-bond acceptors (Lipinski definition) is 4. The quantitative estimate of drug-likeness (QED) is 0.567. The molecule has 1 aliphatic carbocycles. The fourth-order valence-electron chi connectivity index (χ4n) is 3.08. The smallest absolute Gasteiger partial charge is 0.262 e. The maximum atomic E-state index is 12.7. The van der Waals surface area contributed by atoms with E-state index < -0.39 is 5.91 Å². The fourth-order valence-corrected chi connectivity index (χ4v) is 3.27. The van der Waals surface area contributed by atoms with Crippen LogP contribution in [0.15, 0.2) is 66.7 Å². The normalized spacial score (nSPS) is 12.2. The number of carbonyl (C=O) groups excluding carboxylic acids is 3. The van der Waals surface area contributed by atoms with Crippen LogP contribution in [-0.2, 0) is 4.79 Å². The van der Waals surface area contributed by atoms with Gasteiger partial charge in [0.2, 0.25) is 0 Å². The molecule has 0 atom stereocenters. The van der Waals surface area contributed by atoms with Gasteiger partial charge in [0.05, 0.1) is 5.02 Å². The molecule has 3 aromatic rings. The molecule has 138 valence electrons. The molecule has 5 nitrogen and oxygen atoms in total. The molecule has 0 spiro atoms. The lowest BCUT2D eigenvalue weighted by atomic mass is 9.84. The number of nitrogens with one attached hydrogen (secondary N) is 1. The molecule has 0 radical (unpaired) electrons. The standard InChI is InChI=1S/C22H14ClNO4/c23-18-7-3-4-8-19(18)28-12-20(25)24-13-9-10-16-17(11-13)22(27)15-6-2-1-5-14(15)21(16)26/h1-11H,12H2,(H,24,25). The van der Waals surface area contributed by atoms with Gasteiger partial charge in [-0.2, -0.15) is 0 Å². The topological polar surface area (TPSA) is 72.5 Å². The van der Waals surface area contributed by atoms with Crippen molar-refractivity contribution in [3.63, 3.8) is 0 Å². The van der Waals surface area contributed by atoms with Crippen molar-refractivity contribution in [2.75, 3.05) is 11.9 Å². The van der Waals surface area contributed by atoms with Gasteiger partial charge in [-0.3, -0.25) is 14.4 Å². The van der Waals surface area contributed by atoms with Crippen LogP contribution in [0.4, 0.5) is 5.69 Å². The average Bonchev–Trinajstić information content (AvgIpc) is 2.71. The maximum absolute atomic E-state index is 12.7. The summed E-state index contributed by atoms with van der Waals surface area (Å²) in [7, 11) is 0. The number of hydrogen-bond donors (Lipinski definition) is 1. The van der Waals surface area contributed by atoms with E-state index in [1.807, 2.05) is 0 Å². The molecule has 0 fully saturated rings. The zero-order chi connectivity index (χ0) is 19.7. The summed E-state index contributed by atoms with van der Waals surface area (Å²) in [5, 5.41) is 3.08. The lowest BCUT2D eigenvalue weighted by Gasteiger charge is -2.18. The molecule has 0 unspecified atom stereocenters. The lowest BCUT2D eigenvalue weighted by Crippen LogP contribution is -2.23. The van der Waals surface area contributed by atoms with Crippen LogP contribution < -0.4 is 10.1 Å². The highest BCUT2D eigenvalue weighted by molar-refractivity contribution is 6.32. The number of rotatable bonds is 4. The molecule has 6 heteroatoms. The summed E-state index contributed by atoms with van der Waals surface area (Å²) in [5.74, 6) is -0.448. The third kappa shape index (κ3) is 3.28. The zero-order valence-electron chi connectivity index (χ0n) is 14.6. The van der Waals surface area contributed by atoms with Gasteiger partial charge >= 0.3 is 0 Å². The highest BCUT2D eigenvalue weighted by Gasteiger charge is 2.29. The van der Waals surface area contributed by atoms with Gasteiger partial charge in [-0.15, -0.1) is 0 Å². The number of anilines is 1. The Labute approximate surface area is 165 Å². The van der Waals surface area contributed by atoms with E-state index >= 15 is 0 Å². The minimum absolute atomic E-state index is 0.204. The third-order valence-electron chi connectivity index (χ3n) is 4.40. The maximum Gasteiger partial charge on any atom is 0.262 e. The van der Waals surface area contributed by atoms with Crippen LogP contribution in [0, 0.1) is 0 Å². The Hall–Kier alpha value is -3.44. The minimum Gasteiger partial charge on any atom is -0.482 e. The molecule has 0 aromatic heterocycles. The molecule has 28 heavy (non-hydrogen) atoms. The SMILES string of the molecule is O=C(COc1ccccc1Cl)Nc1ccc2c(c1)C(=O)c1ccccc1C2=O. The summed E-state index contributed by atoms with van der Waals surface area (Å²) in [6.45, 7) is -0.240. The van der Waals surface area contributed by atoms with Gasteiger partial charge in [-0.25, -0.2) is 0 Å². The molecule has 0 heterocycles. The Morgan fingerprint density at radius 3 is 2.14 bits per heavy atom. The number of fused-ring (bicyclic) bond motifs is 2. The van der Waals surface area contributed by atoms with Crippen molar-refractivity contribution in [1.29, 1.82) is 0 Å². The number of amides is 1. The first-order valence-electron chi connectivity index (χ1n) is 8.54. The van der Waals surface area contributed by atoms with E-state index in [0.717, 1.165) is 0 Å². The number of para-hydroxylation sites is 1. The summed E-state index contributed by atoms with van der Waals surface area (Å²) in [4.78, 5) is 37.5. The van der Waals surface area contributed by atoms with Crippen molar-refractivity contribution in [3.05, 3.63) is 94.0 Å². The fraction of sp³-hybridized carbons (Fsp3) is 0.0455. The molecule has 0 bridgehead atoms. The van der Waals surface area contributed by atoms with Crippen molar-refractivity contribution in [2.45, 2.75) is 0 Å². The van der Waals surface area contributed by atoms with E-state index in [4.69, 9.17) is 16.3 Å².